The van der Waals surface area contributed by atoms with E-state index in [-0.39, 0.29) is 17.1 Å². The zero-order valence-electron chi connectivity index (χ0n) is 10.8. The first-order chi connectivity index (χ1) is 8.93. The second-order valence-corrected chi connectivity index (χ2v) is 4.16. The van der Waals surface area contributed by atoms with Crippen LogP contribution in [0.4, 0.5) is 0 Å². The third-order valence-electron chi connectivity index (χ3n) is 2.78. The molecule has 98 valence electrons. The highest BCUT2D eigenvalue weighted by molar-refractivity contribution is 6.24. The normalized spacial score (nSPS) is 13.7. The molecule has 0 saturated heterocycles. The Bertz CT molecular complexity index is 625. The predicted octanol–water partition coefficient (Wildman–Crippen LogP) is 1.83. The summed E-state index contributed by atoms with van der Waals surface area (Å²) in [7, 11) is 1.47. The summed E-state index contributed by atoms with van der Waals surface area (Å²) in [5.41, 5.74) is 1.16. The standard InChI is InChI=1S/C14H12O5/c1-7-4-9(18-3)5-10-13(7)11(16)6-12(14(10)17)19-8(2)15/h4-6H,1-3H3. The van der Waals surface area contributed by atoms with Gasteiger partial charge in [0, 0.05) is 24.1 Å². The van der Waals surface area contributed by atoms with Crippen molar-refractivity contribution in [2.45, 2.75) is 13.8 Å². The van der Waals surface area contributed by atoms with E-state index in [1.165, 1.54) is 20.1 Å². The highest BCUT2D eigenvalue weighted by Crippen LogP contribution is 2.29. The van der Waals surface area contributed by atoms with E-state index in [0.717, 1.165) is 6.08 Å². The largest absolute Gasteiger partial charge is 0.497 e. The lowest BCUT2D eigenvalue weighted by Gasteiger charge is -2.17. The molecule has 0 aliphatic heterocycles. The molecule has 0 aromatic heterocycles. The Morgan fingerprint density at radius 1 is 1.21 bits per heavy atom. The van der Waals surface area contributed by atoms with E-state index in [1.807, 2.05) is 0 Å². The van der Waals surface area contributed by atoms with Crippen molar-refractivity contribution >= 4 is 17.5 Å². The number of carbonyl (C=O) groups excluding carboxylic acids is 3. The predicted molar refractivity (Wildman–Crippen MR) is 66.2 cm³/mol. The Labute approximate surface area is 109 Å². The summed E-state index contributed by atoms with van der Waals surface area (Å²) in [5.74, 6) is -1.27. The Hall–Kier alpha value is -2.43. The molecule has 0 radical (unpaired) electrons. The van der Waals surface area contributed by atoms with Crippen LogP contribution in [0.5, 0.6) is 5.75 Å². The van der Waals surface area contributed by atoms with Crippen molar-refractivity contribution in [3.8, 4) is 5.75 Å². The van der Waals surface area contributed by atoms with Crippen LogP contribution in [-0.4, -0.2) is 24.6 Å². The average Bonchev–Trinajstić information content (AvgIpc) is 2.33. The summed E-state index contributed by atoms with van der Waals surface area (Å²) in [5, 5.41) is 0. The molecule has 19 heavy (non-hydrogen) atoms. The van der Waals surface area contributed by atoms with Crippen LogP contribution in [0.3, 0.4) is 0 Å². The van der Waals surface area contributed by atoms with Gasteiger partial charge in [0.15, 0.2) is 11.5 Å². The summed E-state index contributed by atoms with van der Waals surface area (Å²) < 4.78 is 9.83. The molecule has 5 nitrogen and oxygen atoms in total. The fraction of sp³-hybridized carbons (Fsp3) is 0.214. The summed E-state index contributed by atoms with van der Waals surface area (Å²) in [6, 6.07) is 3.15. The van der Waals surface area contributed by atoms with Gasteiger partial charge in [0.2, 0.25) is 5.78 Å². The molecule has 0 spiro atoms. The van der Waals surface area contributed by atoms with E-state index in [1.54, 1.807) is 13.0 Å². The molecule has 0 bridgehead atoms. The van der Waals surface area contributed by atoms with Crippen molar-refractivity contribution < 1.29 is 23.9 Å². The first-order valence-corrected chi connectivity index (χ1v) is 5.62. The number of esters is 1. The van der Waals surface area contributed by atoms with Crippen LogP contribution < -0.4 is 4.74 Å². The third kappa shape index (κ3) is 2.27. The van der Waals surface area contributed by atoms with E-state index in [2.05, 4.69) is 0 Å². The second kappa shape index (κ2) is 4.68. The molecule has 0 N–H and O–H groups in total. The van der Waals surface area contributed by atoms with Crippen molar-refractivity contribution in [2.24, 2.45) is 0 Å². The van der Waals surface area contributed by atoms with E-state index in [4.69, 9.17) is 9.47 Å². The molecule has 0 atom stereocenters. The maximum atomic E-state index is 12.2. The number of Topliss-reactive ketones (excluding diaryl/α,β-unsaturated/α-hetero) is 1. The minimum absolute atomic E-state index is 0.195. The summed E-state index contributed by atoms with van der Waals surface area (Å²) in [6.45, 7) is 2.89. The zero-order chi connectivity index (χ0) is 14.2. The summed E-state index contributed by atoms with van der Waals surface area (Å²) in [4.78, 5) is 35.1. The fourth-order valence-corrected chi connectivity index (χ4v) is 2.00. The number of hydrogen-bond acceptors (Lipinski definition) is 5. The molecule has 0 heterocycles. The monoisotopic (exact) mass is 260 g/mol. The van der Waals surface area contributed by atoms with Gasteiger partial charge in [-0.2, -0.15) is 0 Å². The van der Waals surface area contributed by atoms with Crippen molar-refractivity contribution in [2.75, 3.05) is 7.11 Å². The smallest absolute Gasteiger partial charge is 0.308 e. The van der Waals surface area contributed by atoms with Gasteiger partial charge in [0.05, 0.1) is 7.11 Å². The van der Waals surface area contributed by atoms with E-state index >= 15 is 0 Å². The number of rotatable bonds is 2. The molecule has 1 aliphatic carbocycles. The highest BCUT2D eigenvalue weighted by atomic mass is 16.5. The van der Waals surface area contributed by atoms with Gasteiger partial charge >= 0.3 is 5.97 Å². The maximum absolute atomic E-state index is 12.2. The number of ether oxygens (including phenoxy) is 2. The molecule has 2 rings (SSSR count). The minimum Gasteiger partial charge on any atom is -0.497 e. The topological polar surface area (TPSA) is 69.7 Å². The molecule has 0 amide bonds. The number of methoxy groups -OCH3 is 1. The zero-order valence-corrected chi connectivity index (χ0v) is 10.8. The first kappa shape index (κ1) is 13.0. The van der Waals surface area contributed by atoms with Crippen molar-refractivity contribution in [1.29, 1.82) is 0 Å². The van der Waals surface area contributed by atoms with Gasteiger partial charge < -0.3 is 9.47 Å². The van der Waals surface area contributed by atoms with E-state index < -0.39 is 11.8 Å². The van der Waals surface area contributed by atoms with Crippen LogP contribution in [0.2, 0.25) is 0 Å². The van der Waals surface area contributed by atoms with Gasteiger partial charge in [-0.1, -0.05) is 0 Å². The van der Waals surface area contributed by atoms with Gasteiger partial charge in [-0.3, -0.25) is 14.4 Å². The van der Waals surface area contributed by atoms with E-state index in [9.17, 15) is 14.4 Å². The lowest BCUT2D eigenvalue weighted by Crippen LogP contribution is -2.21. The van der Waals surface area contributed by atoms with Gasteiger partial charge in [0.25, 0.3) is 0 Å². The molecular weight excluding hydrogens is 248 g/mol. The number of benzene rings is 1. The number of carbonyl (C=O) groups is 3. The number of hydrogen-bond donors (Lipinski definition) is 0. The molecule has 1 aromatic rings. The molecule has 5 heteroatoms. The van der Waals surface area contributed by atoms with Gasteiger partial charge in [-0.15, -0.1) is 0 Å². The molecule has 0 saturated carbocycles. The average molecular weight is 260 g/mol. The summed E-state index contributed by atoms with van der Waals surface area (Å²) >= 11 is 0. The number of ketones is 2. The van der Waals surface area contributed by atoms with Crippen LogP contribution in [0.1, 0.15) is 33.2 Å². The number of fused-ring (bicyclic) bond motifs is 1. The Kier molecular flexibility index (Phi) is 3.21. The van der Waals surface area contributed by atoms with Crippen LogP contribution in [-0.2, 0) is 9.53 Å². The van der Waals surface area contributed by atoms with Crippen molar-refractivity contribution in [3.05, 3.63) is 40.7 Å². The third-order valence-corrected chi connectivity index (χ3v) is 2.78. The van der Waals surface area contributed by atoms with Crippen LogP contribution in [0, 0.1) is 6.92 Å². The van der Waals surface area contributed by atoms with Crippen molar-refractivity contribution in [3.63, 3.8) is 0 Å². The number of allylic oxidation sites excluding steroid dienone is 2. The fourth-order valence-electron chi connectivity index (χ4n) is 2.00. The van der Waals surface area contributed by atoms with Crippen LogP contribution in [0.25, 0.3) is 0 Å². The second-order valence-electron chi connectivity index (χ2n) is 4.16. The van der Waals surface area contributed by atoms with Gasteiger partial charge in [-0.25, -0.2) is 0 Å². The van der Waals surface area contributed by atoms with Crippen LogP contribution in [0.15, 0.2) is 24.0 Å². The first-order valence-electron chi connectivity index (χ1n) is 5.62. The maximum Gasteiger partial charge on any atom is 0.308 e. The Balaban J connectivity index is 2.57. The SMILES string of the molecule is COc1cc(C)c2c(c1)C(=O)C(OC(C)=O)=CC2=O. The Morgan fingerprint density at radius 2 is 1.89 bits per heavy atom. The Morgan fingerprint density at radius 3 is 2.47 bits per heavy atom. The molecular formula is C14H12O5. The van der Waals surface area contributed by atoms with Crippen LogP contribution >= 0.6 is 0 Å². The van der Waals surface area contributed by atoms with Crippen molar-refractivity contribution in [1.82, 2.24) is 0 Å². The molecule has 1 aromatic carbocycles. The minimum atomic E-state index is -0.643. The molecule has 1 aliphatic rings. The quantitative estimate of drug-likeness (QED) is 0.759. The van der Waals surface area contributed by atoms with Gasteiger partial charge in [-0.05, 0) is 24.6 Å². The van der Waals surface area contributed by atoms with Gasteiger partial charge in [0.1, 0.15) is 5.75 Å². The lowest BCUT2D eigenvalue weighted by molar-refractivity contribution is -0.136. The summed E-state index contributed by atoms with van der Waals surface area (Å²) in [6.07, 6.45) is 1.05. The van der Waals surface area contributed by atoms with E-state index in [0.29, 0.717) is 16.9 Å². The molecule has 0 unspecified atom stereocenters. The lowest BCUT2D eigenvalue weighted by atomic mass is 9.90. The highest BCUT2D eigenvalue weighted by Gasteiger charge is 2.29. The number of aryl methyl sites for hydroxylation is 1. The molecule has 0 fully saturated rings.